The first kappa shape index (κ1) is 14.6. The van der Waals surface area contributed by atoms with E-state index < -0.39 is 12.1 Å². The molecule has 2 N–H and O–H groups in total. The average molecular weight is 305 g/mol. The van der Waals surface area contributed by atoms with Gasteiger partial charge in [0, 0.05) is 12.6 Å². The lowest BCUT2D eigenvalue weighted by Gasteiger charge is -2.43. The minimum Gasteiger partial charge on any atom is -0.459 e. The van der Waals surface area contributed by atoms with E-state index in [9.17, 15) is 14.4 Å². The van der Waals surface area contributed by atoms with Gasteiger partial charge in [-0.05, 0) is 31.4 Å². The van der Waals surface area contributed by atoms with Gasteiger partial charge in [0.15, 0.2) is 5.76 Å². The molecule has 0 aliphatic carbocycles. The molecule has 3 atom stereocenters. The van der Waals surface area contributed by atoms with Crippen molar-refractivity contribution in [1.29, 1.82) is 0 Å². The van der Waals surface area contributed by atoms with Gasteiger partial charge in [-0.3, -0.25) is 14.4 Å². The highest BCUT2D eigenvalue weighted by Crippen LogP contribution is 2.23. The summed E-state index contributed by atoms with van der Waals surface area (Å²) in [7, 11) is 0. The van der Waals surface area contributed by atoms with Crippen LogP contribution in [-0.4, -0.2) is 47.3 Å². The average Bonchev–Trinajstić information content (AvgIpc) is 3.05. The molecule has 3 amide bonds. The lowest BCUT2D eigenvalue weighted by molar-refractivity contribution is -0.151. The van der Waals surface area contributed by atoms with Crippen molar-refractivity contribution in [1.82, 2.24) is 15.5 Å². The van der Waals surface area contributed by atoms with Crippen molar-refractivity contribution in [3.63, 3.8) is 0 Å². The minimum absolute atomic E-state index is 0.0251. The van der Waals surface area contributed by atoms with Crippen LogP contribution in [-0.2, 0) is 9.59 Å². The number of piperidine rings is 1. The van der Waals surface area contributed by atoms with Crippen LogP contribution in [0.25, 0.3) is 0 Å². The largest absolute Gasteiger partial charge is 0.459 e. The lowest BCUT2D eigenvalue weighted by atomic mass is 9.92. The first-order chi connectivity index (χ1) is 10.6. The molecule has 7 heteroatoms. The zero-order valence-corrected chi connectivity index (χ0v) is 12.4. The molecule has 1 aromatic rings. The maximum atomic E-state index is 12.3. The quantitative estimate of drug-likeness (QED) is 0.839. The van der Waals surface area contributed by atoms with Gasteiger partial charge in [0.05, 0.1) is 6.26 Å². The van der Waals surface area contributed by atoms with Crippen LogP contribution in [0.4, 0.5) is 0 Å². The Morgan fingerprint density at radius 1 is 1.50 bits per heavy atom. The molecule has 3 heterocycles. The number of piperazine rings is 1. The van der Waals surface area contributed by atoms with Gasteiger partial charge in [0.1, 0.15) is 12.1 Å². The van der Waals surface area contributed by atoms with Crippen LogP contribution in [0.15, 0.2) is 22.8 Å². The monoisotopic (exact) mass is 305 g/mol. The van der Waals surface area contributed by atoms with E-state index in [2.05, 4.69) is 10.6 Å². The predicted molar refractivity (Wildman–Crippen MR) is 76.9 cm³/mol. The van der Waals surface area contributed by atoms with Crippen molar-refractivity contribution in [2.75, 3.05) is 6.54 Å². The number of hydrogen-bond donors (Lipinski definition) is 2. The fourth-order valence-corrected chi connectivity index (χ4v) is 3.08. The summed E-state index contributed by atoms with van der Waals surface area (Å²) in [5, 5.41) is 5.62. The SMILES string of the molecule is CC[C@H]1NC(=O)[C@@H]2C[C@@H](NC(=O)c3ccco3)CCN2C1=O. The van der Waals surface area contributed by atoms with Gasteiger partial charge in [0.2, 0.25) is 11.8 Å². The third kappa shape index (κ3) is 2.58. The first-order valence-corrected chi connectivity index (χ1v) is 7.55. The lowest BCUT2D eigenvalue weighted by Crippen LogP contribution is -2.66. The molecule has 0 spiro atoms. The zero-order chi connectivity index (χ0) is 15.7. The number of fused-ring (bicyclic) bond motifs is 1. The third-order valence-electron chi connectivity index (χ3n) is 4.29. The molecule has 1 aromatic heterocycles. The molecule has 3 rings (SSSR count). The van der Waals surface area contributed by atoms with Gasteiger partial charge in [-0.2, -0.15) is 0 Å². The van der Waals surface area contributed by atoms with Crippen LogP contribution < -0.4 is 10.6 Å². The Hall–Kier alpha value is -2.31. The van der Waals surface area contributed by atoms with E-state index in [1.807, 2.05) is 6.92 Å². The number of nitrogens with zero attached hydrogens (tertiary/aromatic N) is 1. The second-order valence-electron chi connectivity index (χ2n) is 5.69. The van der Waals surface area contributed by atoms with Crippen LogP contribution in [0.2, 0.25) is 0 Å². The predicted octanol–water partition coefficient (Wildman–Crippen LogP) is 0.277. The maximum absolute atomic E-state index is 12.3. The molecule has 2 aliphatic heterocycles. The molecule has 0 saturated carbocycles. The van der Waals surface area contributed by atoms with Crippen molar-refractivity contribution < 1.29 is 18.8 Å². The maximum Gasteiger partial charge on any atom is 0.287 e. The third-order valence-corrected chi connectivity index (χ3v) is 4.29. The number of nitrogens with one attached hydrogen (secondary N) is 2. The summed E-state index contributed by atoms with van der Waals surface area (Å²) in [5.41, 5.74) is 0. The van der Waals surface area contributed by atoms with Gasteiger partial charge < -0.3 is 20.0 Å². The van der Waals surface area contributed by atoms with Gasteiger partial charge in [-0.1, -0.05) is 6.92 Å². The Morgan fingerprint density at radius 2 is 2.32 bits per heavy atom. The van der Waals surface area contributed by atoms with Crippen LogP contribution in [0.5, 0.6) is 0 Å². The van der Waals surface area contributed by atoms with Gasteiger partial charge in [0.25, 0.3) is 5.91 Å². The molecule has 22 heavy (non-hydrogen) atoms. The van der Waals surface area contributed by atoms with E-state index in [-0.39, 0.29) is 29.5 Å². The highest BCUT2D eigenvalue weighted by Gasteiger charge is 2.43. The highest BCUT2D eigenvalue weighted by molar-refractivity contribution is 5.97. The number of carbonyl (C=O) groups excluding carboxylic acids is 3. The fourth-order valence-electron chi connectivity index (χ4n) is 3.08. The summed E-state index contributed by atoms with van der Waals surface area (Å²) >= 11 is 0. The Balaban J connectivity index is 1.65. The van der Waals surface area contributed by atoms with Crippen molar-refractivity contribution in [2.45, 2.75) is 44.3 Å². The molecule has 0 unspecified atom stereocenters. The number of carbonyl (C=O) groups is 3. The van der Waals surface area contributed by atoms with Gasteiger partial charge in [-0.25, -0.2) is 0 Å². The Morgan fingerprint density at radius 3 is 3.00 bits per heavy atom. The second kappa shape index (κ2) is 5.82. The van der Waals surface area contributed by atoms with Crippen molar-refractivity contribution in [3.05, 3.63) is 24.2 Å². The van der Waals surface area contributed by atoms with Crippen molar-refractivity contribution in [3.8, 4) is 0 Å². The van der Waals surface area contributed by atoms with E-state index >= 15 is 0 Å². The van der Waals surface area contributed by atoms with E-state index in [0.29, 0.717) is 25.8 Å². The van der Waals surface area contributed by atoms with Crippen molar-refractivity contribution in [2.24, 2.45) is 0 Å². The highest BCUT2D eigenvalue weighted by atomic mass is 16.3. The summed E-state index contributed by atoms with van der Waals surface area (Å²) in [4.78, 5) is 38.1. The number of hydrogen-bond acceptors (Lipinski definition) is 4. The first-order valence-electron chi connectivity index (χ1n) is 7.55. The Kier molecular flexibility index (Phi) is 3.87. The zero-order valence-electron chi connectivity index (χ0n) is 12.4. The fraction of sp³-hybridized carbons (Fsp3) is 0.533. The van der Waals surface area contributed by atoms with E-state index in [0.717, 1.165) is 0 Å². The molecule has 118 valence electrons. The number of amides is 3. The van der Waals surface area contributed by atoms with E-state index in [1.165, 1.54) is 6.26 Å². The second-order valence-corrected chi connectivity index (χ2v) is 5.69. The summed E-state index contributed by atoms with van der Waals surface area (Å²) in [6, 6.07) is 2.18. The molecule has 0 aromatic carbocycles. The number of furan rings is 1. The number of rotatable bonds is 3. The van der Waals surface area contributed by atoms with Crippen LogP contribution in [0, 0.1) is 0 Å². The summed E-state index contributed by atoms with van der Waals surface area (Å²) in [5.74, 6) is -0.207. The van der Waals surface area contributed by atoms with Crippen LogP contribution in [0.3, 0.4) is 0 Å². The van der Waals surface area contributed by atoms with Gasteiger partial charge >= 0.3 is 0 Å². The standard InChI is InChI=1S/C15H19N3O4/c1-2-10-15(21)18-6-5-9(8-11(18)13(19)17-10)16-14(20)12-4-3-7-22-12/h3-4,7,9-11H,2,5-6,8H2,1H3,(H,16,20)(H,17,19)/t9-,10+,11-/m0/s1. The molecule has 2 fully saturated rings. The molecule has 2 aliphatic rings. The molecular formula is C15H19N3O4. The topological polar surface area (TPSA) is 91.7 Å². The van der Waals surface area contributed by atoms with Crippen molar-refractivity contribution >= 4 is 17.7 Å². The van der Waals surface area contributed by atoms with E-state index in [1.54, 1.807) is 17.0 Å². The smallest absolute Gasteiger partial charge is 0.287 e. The molecule has 0 bridgehead atoms. The molecule has 0 radical (unpaired) electrons. The summed E-state index contributed by atoms with van der Waals surface area (Å²) in [6.45, 7) is 2.36. The Bertz CT molecular complexity index is 584. The van der Waals surface area contributed by atoms with Crippen LogP contribution in [0.1, 0.15) is 36.7 Å². The molecule has 7 nitrogen and oxygen atoms in total. The molecular weight excluding hydrogens is 286 g/mol. The Labute approximate surface area is 128 Å². The minimum atomic E-state index is -0.494. The van der Waals surface area contributed by atoms with E-state index in [4.69, 9.17) is 4.42 Å². The summed E-state index contributed by atoms with van der Waals surface area (Å²) in [6.07, 6.45) is 3.10. The van der Waals surface area contributed by atoms with Gasteiger partial charge in [-0.15, -0.1) is 0 Å². The normalized spacial score (nSPS) is 28.0. The summed E-state index contributed by atoms with van der Waals surface area (Å²) < 4.78 is 5.05. The van der Waals surface area contributed by atoms with Crippen LogP contribution >= 0.6 is 0 Å². The molecule has 2 saturated heterocycles.